The quantitative estimate of drug-likeness (QED) is 0.534. The van der Waals surface area contributed by atoms with Gasteiger partial charge in [0.15, 0.2) is 0 Å². The maximum absolute atomic E-state index is 10.6. The number of rotatable bonds is 6. The van der Waals surface area contributed by atoms with Gasteiger partial charge >= 0.3 is 11.9 Å². The summed E-state index contributed by atoms with van der Waals surface area (Å²) < 4.78 is 0. The molecule has 0 saturated carbocycles. The van der Waals surface area contributed by atoms with Crippen LogP contribution in [0.2, 0.25) is 0 Å². The molecule has 0 amide bonds. The van der Waals surface area contributed by atoms with Crippen LogP contribution >= 0.6 is 0 Å². The lowest BCUT2D eigenvalue weighted by molar-refractivity contribution is -0.384. The Morgan fingerprint density at radius 3 is 2.33 bits per heavy atom. The van der Waals surface area contributed by atoms with Gasteiger partial charge in [0.05, 0.1) is 11.0 Å². The molecule has 0 aromatic carbocycles. The first-order valence-corrected chi connectivity index (χ1v) is 4.69. The zero-order valence-electron chi connectivity index (χ0n) is 9.02. The van der Waals surface area contributed by atoms with Gasteiger partial charge in [-0.05, 0) is 0 Å². The molecule has 0 aliphatic heterocycles. The standard InChI is InChI=1S/C9H9N3O6/c13-8(14)4-11(5-9(15)16)7-3-6(12(17)18)1-2-10-7/h1-3H,4-5H2,(H,13,14)(H,15,16). The highest BCUT2D eigenvalue weighted by Gasteiger charge is 2.17. The fourth-order valence-corrected chi connectivity index (χ4v) is 1.24. The van der Waals surface area contributed by atoms with Gasteiger partial charge in [0.2, 0.25) is 0 Å². The van der Waals surface area contributed by atoms with E-state index in [1.165, 1.54) is 0 Å². The molecule has 0 spiro atoms. The van der Waals surface area contributed by atoms with E-state index in [1.54, 1.807) is 0 Å². The van der Waals surface area contributed by atoms with Crippen molar-refractivity contribution in [2.45, 2.75) is 0 Å². The number of hydrogen-bond acceptors (Lipinski definition) is 6. The summed E-state index contributed by atoms with van der Waals surface area (Å²) >= 11 is 0. The molecule has 1 heterocycles. The highest BCUT2D eigenvalue weighted by atomic mass is 16.6. The molecule has 0 aliphatic carbocycles. The second-order valence-electron chi connectivity index (χ2n) is 3.27. The Labute approximate surface area is 100 Å². The minimum Gasteiger partial charge on any atom is -0.480 e. The van der Waals surface area contributed by atoms with Crippen molar-refractivity contribution in [1.82, 2.24) is 4.98 Å². The molecule has 96 valence electrons. The Hall–Kier alpha value is -2.71. The molecule has 1 aromatic heterocycles. The maximum Gasteiger partial charge on any atom is 0.323 e. The third kappa shape index (κ3) is 3.70. The second kappa shape index (κ2) is 5.57. The lowest BCUT2D eigenvalue weighted by Gasteiger charge is -2.18. The van der Waals surface area contributed by atoms with Gasteiger partial charge in [-0.1, -0.05) is 0 Å². The molecule has 0 radical (unpaired) electrons. The molecule has 0 unspecified atom stereocenters. The Kier molecular flexibility index (Phi) is 4.13. The highest BCUT2D eigenvalue weighted by Crippen LogP contribution is 2.17. The lowest BCUT2D eigenvalue weighted by atomic mass is 10.3. The van der Waals surface area contributed by atoms with Crippen LogP contribution in [0.25, 0.3) is 0 Å². The number of carboxylic acids is 2. The van der Waals surface area contributed by atoms with Crippen molar-refractivity contribution in [3.05, 3.63) is 28.4 Å². The molecule has 0 saturated heterocycles. The van der Waals surface area contributed by atoms with E-state index in [9.17, 15) is 19.7 Å². The average molecular weight is 255 g/mol. The predicted molar refractivity (Wildman–Crippen MR) is 58.4 cm³/mol. The summed E-state index contributed by atoms with van der Waals surface area (Å²) in [5.74, 6) is -2.59. The van der Waals surface area contributed by atoms with E-state index in [0.29, 0.717) is 0 Å². The molecule has 18 heavy (non-hydrogen) atoms. The van der Waals surface area contributed by atoms with Crippen molar-refractivity contribution < 1.29 is 24.7 Å². The summed E-state index contributed by atoms with van der Waals surface area (Å²) in [7, 11) is 0. The van der Waals surface area contributed by atoms with Crippen LogP contribution in [0, 0.1) is 10.1 Å². The first kappa shape index (κ1) is 13.4. The topological polar surface area (TPSA) is 134 Å². The van der Waals surface area contributed by atoms with Crippen LogP contribution in [-0.2, 0) is 9.59 Å². The zero-order chi connectivity index (χ0) is 13.7. The number of aliphatic carboxylic acids is 2. The maximum atomic E-state index is 10.6. The van der Waals surface area contributed by atoms with Crippen LogP contribution in [0.1, 0.15) is 0 Å². The SMILES string of the molecule is O=C(O)CN(CC(=O)O)c1cc([N+](=O)[O-])ccn1. The van der Waals surface area contributed by atoms with E-state index in [2.05, 4.69) is 4.98 Å². The van der Waals surface area contributed by atoms with Crippen molar-refractivity contribution >= 4 is 23.4 Å². The van der Waals surface area contributed by atoms with Crippen LogP contribution < -0.4 is 4.90 Å². The van der Waals surface area contributed by atoms with Crippen LogP contribution in [0.3, 0.4) is 0 Å². The van der Waals surface area contributed by atoms with Gasteiger partial charge in [-0.25, -0.2) is 4.98 Å². The van der Waals surface area contributed by atoms with E-state index in [1.807, 2.05) is 0 Å². The van der Waals surface area contributed by atoms with Gasteiger partial charge in [-0.2, -0.15) is 0 Å². The molecule has 1 aromatic rings. The third-order valence-electron chi connectivity index (χ3n) is 1.92. The van der Waals surface area contributed by atoms with Crippen molar-refractivity contribution in [2.75, 3.05) is 18.0 Å². The number of nitro groups is 1. The van der Waals surface area contributed by atoms with Gasteiger partial charge in [0.1, 0.15) is 18.9 Å². The van der Waals surface area contributed by atoms with Crippen LogP contribution in [-0.4, -0.2) is 45.1 Å². The second-order valence-corrected chi connectivity index (χ2v) is 3.27. The fraction of sp³-hybridized carbons (Fsp3) is 0.222. The van der Waals surface area contributed by atoms with Gasteiger partial charge in [-0.15, -0.1) is 0 Å². The van der Waals surface area contributed by atoms with Crippen LogP contribution in [0.4, 0.5) is 11.5 Å². The summed E-state index contributed by atoms with van der Waals surface area (Å²) in [6, 6.07) is 2.15. The molecule has 0 fully saturated rings. The van der Waals surface area contributed by atoms with E-state index in [4.69, 9.17) is 10.2 Å². The Morgan fingerprint density at radius 1 is 1.33 bits per heavy atom. The molecule has 9 heteroatoms. The first-order chi connectivity index (χ1) is 8.40. The number of aromatic nitrogens is 1. The van der Waals surface area contributed by atoms with Gasteiger partial charge in [-0.3, -0.25) is 19.7 Å². The number of anilines is 1. The highest BCUT2D eigenvalue weighted by molar-refractivity contribution is 5.79. The number of pyridine rings is 1. The first-order valence-electron chi connectivity index (χ1n) is 4.69. The molecule has 0 bridgehead atoms. The molecule has 9 nitrogen and oxygen atoms in total. The van der Waals surface area contributed by atoms with E-state index >= 15 is 0 Å². The fourth-order valence-electron chi connectivity index (χ4n) is 1.24. The smallest absolute Gasteiger partial charge is 0.323 e. The van der Waals surface area contributed by atoms with E-state index in [0.717, 1.165) is 23.2 Å². The summed E-state index contributed by atoms with van der Waals surface area (Å²) in [5.41, 5.74) is -0.291. The van der Waals surface area contributed by atoms with Crippen molar-refractivity contribution in [3.8, 4) is 0 Å². The number of carbonyl (C=O) groups is 2. The number of carboxylic acid groups (broad SMARTS) is 2. The Morgan fingerprint density at radius 2 is 1.89 bits per heavy atom. The Bertz CT molecular complexity index is 473. The summed E-state index contributed by atoms with van der Waals surface area (Å²) in [6.45, 7) is -1.22. The van der Waals surface area contributed by atoms with Gasteiger partial charge < -0.3 is 15.1 Å². The summed E-state index contributed by atoms with van der Waals surface area (Å²) in [5, 5.41) is 27.8. The summed E-state index contributed by atoms with van der Waals surface area (Å²) in [6.07, 6.45) is 1.12. The molecule has 1 rings (SSSR count). The molecular weight excluding hydrogens is 246 g/mol. The van der Waals surface area contributed by atoms with Crippen LogP contribution in [0.5, 0.6) is 0 Å². The van der Waals surface area contributed by atoms with Crippen molar-refractivity contribution in [2.24, 2.45) is 0 Å². The monoisotopic (exact) mass is 255 g/mol. The normalized spacial score (nSPS) is 9.78. The van der Waals surface area contributed by atoms with Crippen molar-refractivity contribution in [1.29, 1.82) is 0 Å². The average Bonchev–Trinajstić information content (AvgIpc) is 2.27. The van der Waals surface area contributed by atoms with E-state index in [-0.39, 0.29) is 11.5 Å². The molecule has 0 aliphatic rings. The Balaban J connectivity index is 3.03. The largest absolute Gasteiger partial charge is 0.480 e. The number of hydrogen-bond donors (Lipinski definition) is 2. The van der Waals surface area contributed by atoms with Crippen LogP contribution in [0.15, 0.2) is 18.3 Å². The zero-order valence-corrected chi connectivity index (χ0v) is 9.02. The minimum atomic E-state index is -1.26. The van der Waals surface area contributed by atoms with Crippen molar-refractivity contribution in [3.63, 3.8) is 0 Å². The number of nitrogens with zero attached hydrogens (tertiary/aromatic N) is 3. The third-order valence-corrected chi connectivity index (χ3v) is 1.92. The van der Waals surface area contributed by atoms with E-state index < -0.39 is 30.0 Å². The lowest BCUT2D eigenvalue weighted by Crippen LogP contribution is -2.35. The molecular formula is C9H9N3O6. The van der Waals surface area contributed by atoms with Gasteiger partial charge in [0, 0.05) is 12.3 Å². The molecule has 2 N–H and O–H groups in total. The molecule has 0 atom stereocenters. The summed E-state index contributed by atoms with van der Waals surface area (Å²) in [4.78, 5) is 35.7. The minimum absolute atomic E-state index is 0.0750. The predicted octanol–water partition coefficient (Wildman–Crippen LogP) is -0.0346. The van der Waals surface area contributed by atoms with Gasteiger partial charge in [0.25, 0.3) is 5.69 Å².